The van der Waals surface area contributed by atoms with Crippen LogP contribution in [-0.2, 0) is 14.6 Å². The van der Waals surface area contributed by atoms with Crippen molar-refractivity contribution < 1.29 is 13.2 Å². The zero-order valence-corrected chi connectivity index (χ0v) is 11.5. The Morgan fingerprint density at radius 2 is 2.00 bits per heavy atom. The summed E-state index contributed by atoms with van der Waals surface area (Å²) in [5.74, 6) is 0. The van der Waals surface area contributed by atoms with Crippen molar-refractivity contribution >= 4 is 9.84 Å². The molecule has 2 N–H and O–H groups in total. The second kappa shape index (κ2) is 4.64. The van der Waals surface area contributed by atoms with Gasteiger partial charge in [0.1, 0.15) is 0 Å². The van der Waals surface area contributed by atoms with Crippen LogP contribution in [0, 0.1) is 6.92 Å². The van der Waals surface area contributed by atoms with Crippen LogP contribution in [0.5, 0.6) is 0 Å². The number of hydrogen-bond acceptors (Lipinski definition) is 4. The van der Waals surface area contributed by atoms with Crippen LogP contribution < -0.4 is 5.73 Å². The van der Waals surface area contributed by atoms with Gasteiger partial charge < -0.3 is 10.5 Å². The molecule has 2 atom stereocenters. The minimum Gasteiger partial charge on any atom is -0.380 e. The van der Waals surface area contributed by atoms with Gasteiger partial charge in [-0.2, -0.15) is 0 Å². The Bertz CT molecular complexity index is 524. The van der Waals surface area contributed by atoms with Gasteiger partial charge in [-0.05, 0) is 32.4 Å². The molecule has 0 aliphatic heterocycles. The quantitative estimate of drug-likeness (QED) is 0.874. The van der Waals surface area contributed by atoms with E-state index in [1.165, 1.54) is 0 Å². The fourth-order valence-electron chi connectivity index (χ4n) is 2.04. The Kier molecular flexibility index (Phi) is 3.49. The van der Waals surface area contributed by atoms with Crippen molar-refractivity contribution in [3.8, 4) is 0 Å². The molecule has 1 aliphatic carbocycles. The summed E-state index contributed by atoms with van der Waals surface area (Å²) in [5.41, 5.74) is 6.36. The van der Waals surface area contributed by atoms with E-state index in [0.29, 0.717) is 24.5 Å². The third-order valence-electron chi connectivity index (χ3n) is 3.35. The summed E-state index contributed by atoms with van der Waals surface area (Å²) in [5, 5.41) is -0.515. The Morgan fingerprint density at radius 1 is 1.39 bits per heavy atom. The molecular formula is C13H19NO3S. The lowest BCUT2D eigenvalue weighted by Gasteiger charge is -2.11. The van der Waals surface area contributed by atoms with Gasteiger partial charge in [0.05, 0.1) is 22.3 Å². The molecule has 5 heteroatoms. The van der Waals surface area contributed by atoms with Crippen LogP contribution in [0.25, 0.3) is 0 Å². The predicted octanol–water partition coefficient (Wildman–Crippen LogP) is 1.28. The highest BCUT2D eigenvalue weighted by atomic mass is 32.2. The Hall–Kier alpha value is -0.910. The van der Waals surface area contributed by atoms with Crippen LogP contribution in [-0.4, -0.2) is 32.4 Å². The molecule has 1 aromatic rings. The van der Waals surface area contributed by atoms with Gasteiger partial charge in [0.25, 0.3) is 0 Å². The van der Waals surface area contributed by atoms with Crippen LogP contribution in [0.15, 0.2) is 29.2 Å². The summed E-state index contributed by atoms with van der Waals surface area (Å²) >= 11 is 0. The minimum atomic E-state index is -3.33. The third-order valence-corrected chi connectivity index (χ3v) is 5.66. The van der Waals surface area contributed by atoms with Gasteiger partial charge >= 0.3 is 0 Å². The van der Waals surface area contributed by atoms with E-state index in [1.807, 2.05) is 13.8 Å². The van der Waals surface area contributed by atoms with E-state index in [4.69, 9.17) is 10.5 Å². The van der Waals surface area contributed by atoms with Crippen molar-refractivity contribution in [3.63, 3.8) is 0 Å². The Balaban J connectivity index is 2.17. The lowest BCUT2D eigenvalue weighted by molar-refractivity contribution is 0.127. The first-order valence-corrected chi connectivity index (χ1v) is 7.62. The van der Waals surface area contributed by atoms with Crippen molar-refractivity contribution in [2.75, 3.05) is 13.2 Å². The second-order valence-corrected chi connectivity index (χ2v) is 7.05. The van der Waals surface area contributed by atoms with Gasteiger partial charge in [-0.3, -0.25) is 0 Å². The molecule has 0 heterocycles. The third kappa shape index (κ3) is 2.43. The number of rotatable bonds is 5. The molecular weight excluding hydrogens is 250 g/mol. The number of nitrogens with two attached hydrogens (primary N) is 1. The summed E-state index contributed by atoms with van der Waals surface area (Å²) in [6.07, 6.45) is 0.475. The monoisotopic (exact) mass is 269 g/mol. The SMILES string of the molecule is CCOC[C@@]1(N)C[C@@H]1S(=O)(=O)c1ccc(C)cc1. The molecule has 0 radical (unpaired) electrons. The van der Waals surface area contributed by atoms with Crippen LogP contribution in [0.1, 0.15) is 18.9 Å². The lowest BCUT2D eigenvalue weighted by atomic mass is 10.2. The predicted molar refractivity (Wildman–Crippen MR) is 70.2 cm³/mol. The first-order valence-electron chi connectivity index (χ1n) is 6.07. The van der Waals surface area contributed by atoms with Crippen molar-refractivity contribution in [2.45, 2.75) is 36.0 Å². The van der Waals surface area contributed by atoms with E-state index < -0.39 is 20.6 Å². The molecule has 0 saturated heterocycles. The standard InChI is InChI=1S/C13H19NO3S/c1-3-17-9-13(14)8-12(13)18(15,16)11-6-4-10(2)5-7-11/h4-7,12H,3,8-9,14H2,1-2H3/t12-,13-/m0/s1. The second-order valence-electron chi connectivity index (χ2n) is 4.92. The molecule has 0 amide bonds. The fraction of sp³-hybridized carbons (Fsp3) is 0.538. The van der Waals surface area contributed by atoms with Crippen molar-refractivity contribution in [1.82, 2.24) is 0 Å². The van der Waals surface area contributed by atoms with Gasteiger partial charge in [-0.1, -0.05) is 17.7 Å². The molecule has 0 bridgehead atoms. The average molecular weight is 269 g/mol. The summed E-state index contributed by atoms with van der Waals surface area (Å²) in [6, 6.07) is 6.89. The maximum Gasteiger partial charge on any atom is 0.183 e. The molecule has 2 rings (SSSR count). The van der Waals surface area contributed by atoms with E-state index in [9.17, 15) is 8.42 Å². The van der Waals surface area contributed by atoms with Crippen LogP contribution in [0.2, 0.25) is 0 Å². The van der Waals surface area contributed by atoms with Gasteiger partial charge in [0.2, 0.25) is 0 Å². The number of aryl methyl sites for hydroxylation is 1. The molecule has 0 spiro atoms. The maximum absolute atomic E-state index is 12.3. The van der Waals surface area contributed by atoms with Crippen LogP contribution in [0.4, 0.5) is 0 Å². The molecule has 1 aliphatic rings. The van der Waals surface area contributed by atoms with Crippen molar-refractivity contribution in [2.24, 2.45) is 5.73 Å². The number of sulfone groups is 1. The first-order chi connectivity index (χ1) is 8.40. The zero-order valence-electron chi connectivity index (χ0n) is 10.7. The molecule has 1 saturated carbocycles. The Labute approximate surface area is 108 Å². The number of ether oxygens (including phenoxy) is 1. The van der Waals surface area contributed by atoms with Crippen molar-refractivity contribution in [3.05, 3.63) is 29.8 Å². The van der Waals surface area contributed by atoms with Gasteiger partial charge in [0.15, 0.2) is 9.84 Å². The highest BCUT2D eigenvalue weighted by molar-refractivity contribution is 7.92. The molecule has 4 nitrogen and oxygen atoms in total. The first kappa shape index (κ1) is 13.5. The van der Waals surface area contributed by atoms with Crippen LogP contribution >= 0.6 is 0 Å². The number of hydrogen-bond donors (Lipinski definition) is 1. The average Bonchev–Trinajstić information content (AvgIpc) is 3.01. The van der Waals surface area contributed by atoms with E-state index in [-0.39, 0.29) is 0 Å². The normalized spacial score (nSPS) is 27.2. The molecule has 1 aromatic carbocycles. The van der Waals surface area contributed by atoms with E-state index >= 15 is 0 Å². The molecule has 100 valence electrons. The molecule has 0 unspecified atom stereocenters. The summed E-state index contributed by atoms with van der Waals surface area (Å²) < 4.78 is 29.9. The van der Waals surface area contributed by atoms with Gasteiger partial charge in [-0.25, -0.2) is 8.42 Å². The Morgan fingerprint density at radius 3 is 2.56 bits per heavy atom. The summed E-state index contributed by atoms with van der Waals surface area (Å²) in [7, 11) is -3.33. The van der Waals surface area contributed by atoms with Crippen LogP contribution in [0.3, 0.4) is 0 Å². The molecule has 1 fully saturated rings. The molecule has 0 aromatic heterocycles. The zero-order chi connectivity index (χ0) is 13.4. The van der Waals surface area contributed by atoms with E-state index in [1.54, 1.807) is 24.3 Å². The fourth-order valence-corrected chi connectivity index (χ4v) is 4.10. The van der Waals surface area contributed by atoms with Gasteiger partial charge in [-0.15, -0.1) is 0 Å². The highest BCUT2D eigenvalue weighted by Crippen LogP contribution is 2.42. The topological polar surface area (TPSA) is 69.4 Å². The number of benzene rings is 1. The van der Waals surface area contributed by atoms with E-state index in [2.05, 4.69) is 0 Å². The highest BCUT2D eigenvalue weighted by Gasteiger charge is 2.59. The lowest BCUT2D eigenvalue weighted by Crippen LogP contribution is -2.35. The largest absolute Gasteiger partial charge is 0.380 e. The van der Waals surface area contributed by atoms with E-state index in [0.717, 1.165) is 5.56 Å². The molecule has 18 heavy (non-hydrogen) atoms. The maximum atomic E-state index is 12.3. The summed E-state index contributed by atoms with van der Waals surface area (Å²) in [6.45, 7) is 4.65. The van der Waals surface area contributed by atoms with Gasteiger partial charge in [0, 0.05) is 6.61 Å². The smallest absolute Gasteiger partial charge is 0.183 e. The van der Waals surface area contributed by atoms with Crippen molar-refractivity contribution in [1.29, 1.82) is 0 Å². The summed E-state index contributed by atoms with van der Waals surface area (Å²) in [4.78, 5) is 0.349. The minimum absolute atomic E-state index is 0.305.